The number of benzene rings is 1. The number of carboxylic acids is 1. The zero-order chi connectivity index (χ0) is 28.9. The molecule has 6 atom stereocenters. The van der Waals surface area contributed by atoms with Crippen molar-refractivity contribution in [3.63, 3.8) is 0 Å². The molecule has 0 radical (unpaired) electrons. The number of rotatable bonds is 7. The molecule has 4 rings (SSSR count). The van der Waals surface area contributed by atoms with Gasteiger partial charge in [-0.15, -0.1) is 0 Å². The average molecular weight is 564 g/mol. The lowest BCUT2D eigenvalue weighted by Crippen LogP contribution is -2.71. The number of aryl methyl sites for hydroxylation is 1. The summed E-state index contributed by atoms with van der Waals surface area (Å²) >= 11 is 0. The van der Waals surface area contributed by atoms with Crippen molar-refractivity contribution in [1.82, 2.24) is 4.90 Å². The Morgan fingerprint density at radius 1 is 1.15 bits per heavy atom. The first-order valence-electron chi connectivity index (χ1n) is 12.6. The van der Waals surface area contributed by atoms with Crippen molar-refractivity contribution in [2.75, 3.05) is 13.6 Å². The Kier molecular flexibility index (Phi) is 8.68. The molecule has 1 aromatic carbocycles. The summed E-state index contributed by atoms with van der Waals surface area (Å²) < 4.78 is 21.7. The number of likely N-dealkylation sites (N-methyl/N-ethyl adjacent to an activating group) is 1. The van der Waals surface area contributed by atoms with Gasteiger partial charge < -0.3 is 39.2 Å². The normalized spacial score (nSPS) is 28.2. The predicted molar refractivity (Wildman–Crippen MR) is 139 cm³/mol. The third-order valence-electron chi connectivity index (χ3n) is 8.16. The Labute approximate surface area is 232 Å². The molecule has 1 saturated heterocycles. The molecule has 3 N–H and O–H groups in total. The molecule has 12 nitrogen and oxygen atoms in total. The largest absolute Gasteiger partial charge is 0.481 e. The fraction of sp³-hybridized carbons (Fsp3) is 0.571. The lowest BCUT2D eigenvalue weighted by Gasteiger charge is -2.58. The van der Waals surface area contributed by atoms with E-state index in [4.69, 9.17) is 18.9 Å². The summed E-state index contributed by atoms with van der Waals surface area (Å²) in [5.41, 5.74) is -0.402. The number of piperidine rings is 1. The number of aliphatic hydroxyl groups is 2. The summed E-state index contributed by atoms with van der Waals surface area (Å²) in [6.07, 6.45) is -3.28. The van der Waals surface area contributed by atoms with E-state index >= 15 is 0 Å². The molecule has 0 amide bonds. The van der Waals surface area contributed by atoms with Crippen LogP contribution in [0.1, 0.15) is 57.7 Å². The maximum absolute atomic E-state index is 13.3. The van der Waals surface area contributed by atoms with E-state index in [1.165, 1.54) is 6.08 Å². The highest BCUT2D eigenvalue weighted by molar-refractivity contribution is 5.88. The highest BCUT2D eigenvalue weighted by Gasteiger charge is 2.69. The fourth-order valence-electron chi connectivity index (χ4n) is 6.21. The molecular formula is C28H37NO11. The number of carbonyl (C=O) groups is 4. The maximum atomic E-state index is 13.3. The van der Waals surface area contributed by atoms with Crippen LogP contribution in [0, 0.1) is 6.92 Å². The average Bonchev–Trinajstić information content (AvgIpc) is 3.23. The van der Waals surface area contributed by atoms with Crippen molar-refractivity contribution in [3.8, 4) is 5.75 Å². The Bertz CT molecular complexity index is 1240. The molecule has 1 spiro atoms. The highest BCUT2D eigenvalue weighted by Crippen LogP contribution is 2.61. The number of hydrogen-bond donors (Lipinski definition) is 3. The summed E-state index contributed by atoms with van der Waals surface area (Å²) in [5, 5.41) is 31.9. The number of aliphatic carboxylic acids is 1. The van der Waals surface area contributed by atoms with Gasteiger partial charge in [0, 0.05) is 37.4 Å². The number of aliphatic hydroxyl groups excluding tert-OH is 1. The van der Waals surface area contributed by atoms with Gasteiger partial charge in [0.15, 0.2) is 6.10 Å². The second kappa shape index (κ2) is 11.2. The van der Waals surface area contributed by atoms with E-state index in [9.17, 15) is 34.5 Å². The Morgan fingerprint density at radius 3 is 2.35 bits per heavy atom. The van der Waals surface area contributed by atoms with Crippen LogP contribution in [-0.4, -0.2) is 87.6 Å². The fourth-order valence-corrected chi connectivity index (χ4v) is 6.21. The van der Waals surface area contributed by atoms with E-state index < -0.39 is 53.2 Å². The Morgan fingerprint density at radius 2 is 1.77 bits per heavy atom. The first-order valence-corrected chi connectivity index (χ1v) is 12.6. The molecule has 220 valence electrons. The minimum absolute atomic E-state index is 0. The van der Waals surface area contributed by atoms with Gasteiger partial charge in [0.1, 0.15) is 11.5 Å². The van der Waals surface area contributed by atoms with Gasteiger partial charge in [-0.3, -0.25) is 9.59 Å². The number of hydrogen-bond acceptors (Lipinski definition) is 11. The lowest BCUT2D eigenvalue weighted by atomic mass is 9.54. The van der Waals surface area contributed by atoms with Crippen LogP contribution in [0.3, 0.4) is 0 Å². The third kappa shape index (κ3) is 4.73. The van der Waals surface area contributed by atoms with E-state index in [-0.39, 0.29) is 32.3 Å². The van der Waals surface area contributed by atoms with Crippen LogP contribution >= 0.6 is 0 Å². The summed E-state index contributed by atoms with van der Waals surface area (Å²) in [6, 6.07) is 3.23. The van der Waals surface area contributed by atoms with Crippen LogP contribution in [0.5, 0.6) is 5.75 Å². The van der Waals surface area contributed by atoms with Gasteiger partial charge in [-0.05, 0) is 45.5 Å². The molecule has 1 aliphatic carbocycles. The maximum Gasteiger partial charge on any atom is 0.357 e. The molecule has 3 aliphatic rings. The van der Waals surface area contributed by atoms with E-state index in [1.807, 2.05) is 31.9 Å². The molecule has 0 saturated carbocycles. The summed E-state index contributed by atoms with van der Waals surface area (Å²) in [4.78, 5) is 50.4. The van der Waals surface area contributed by atoms with Gasteiger partial charge in [-0.1, -0.05) is 19.6 Å². The topological polar surface area (TPSA) is 169 Å². The van der Waals surface area contributed by atoms with Crippen LogP contribution < -0.4 is 4.74 Å². The molecule has 0 bridgehead atoms. The van der Waals surface area contributed by atoms with Gasteiger partial charge in [-0.25, -0.2) is 9.59 Å². The van der Waals surface area contributed by atoms with E-state index in [0.29, 0.717) is 29.8 Å². The van der Waals surface area contributed by atoms with Crippen molar-refractivity contribution in [1.29, 1.82) is 0 Å². The molecule has 2 aliphatic heterocycles. The number of esters is 3. The van der Waals surface area contributed by atoms with Crippen LogP contribution in [0.4, 0.5) is 0 Å². The van der Waals surface area contributed by atoms with Gasteiger partial charge in [0.05, 0.1) is 17.6 Å². The van der Waals surface area contributed by atoms with Crippen molar-refractivity contribution < 1.29 is 53.4 Å². The van der Waals surface area contributed by atoms with E-state index in [0.717, 1.165) is 19.4 Å². The minimum Gasteiger partial charge on any atom is -0.481 e. The van der Waals surface area contributed by atoms with Crippen molar-refractivity contribution >= 4 is 23.9 Å². The van der Waals surface area contributed by atoms with Gasteiger partial charge >= 0.3 is 23.9 Å². The van der Waals surface area contributed by atoms with Crippen LogP contribution in [-0.2, 0) is 45.4 Å². The third-order valence-corrected chi connectivity index (χ3v) is 8.16. The van der Waals surface area contributed by atoms with E-state index in [1.54, 1.807) is 6.07 Å². The molecular weight excluding hydrogens is 526 g/mol. The first-order chi connectivity index (χ1) is 18.3. The minimum atomic E-state index is -2.15. The second-order valence-corrected chi connectivity index (χ2v) is 10.3. The number of carbonyl (C=O) groups excluding carboxylic acids is 3. The monoisotopic (exact) mass is 563 g/mol. The molecule has 1 fully saturated rings. The number of nitrogens with zero attached hydrogens (tertiary/aromatic N) is 1. The number of ether oxygens (including phenoxy) is 4. The van der Waals surface area contributed by atoms with Crippen molar-refractivity contribution in [2.45, 2.75) is 89.9 Å². The zero-order valence-corrected chi connectivity index (χ0v) is 22.4. The Balaban J connectivity index is 0.00000441. The number of fused-ring (bicyclic) bond motifs is 1. The lowest BCUT2D eigenvalue weighted by molar-refractivity contribution is -0.189. The quantitative estimate of drug-likeness (QED) is 0.322. The van der Waals surface area contributed by atoms with Crippen LogP contribution in [0.25, 0.3) is 0 Å². The zero-order valence-electron chi connectivity index (χ0n) is 22.4. The summed E-state index contributed by atoms with van der Waals surface area (Å²) in [6.45, 7) is 5.95. The van der Waals surface area contributed by atoms with Crippen molar-refractivity contribution in [3.05, 3.63) is 40.7 Å². The predicted octanol–water partition coefficient (Wildman–Crippen LogP) is 1.36. The first kappa shape index (κ1) is 31.1. The SMILES string of the molecule is C.CC(=O)O[C@@H](C(=O)O)[C@@H](OC(C)=O)C(=O)OC1=CC[C@@]2(O)[C@@H](C)N(C)CC[C@@]23c2c(C)ccc(CO)c2O[C@@H]13. The van der Waals surface area contributed by atoms with Crippen LogP contribution in [0.2, 0.25) is 0 Å². The second-order valence-electron chi connectivity index (χ2n) is 10.3. The molecule has 0 aromatic heterocycles. The van der Waals surface area contributed by atoms with Gasteiger partial charge in [0.25, 0.3) is 0 Å². The number of carboxylic acid groups (broad SMARTS) is 1. The van der Waals surface area contributed by atoms with Crippen molar-refractivity contribution in [2.24, 2.45) is 0 Å². The van der Waals surface area contributed by atoms with E-state index in [2.05, 4.69) is 0 Å². The molecule has 40 heavy (non-hydrogen) atoms. The molecule has 2 heterocycles. The summed E-state index contributed by atoms with van der Waals surface area (Å²) in [7, 11) is 1.91. The summed E-state index contributed by atoms with van der Waals surface area (Å²) in [5.74, 6) is -4.61. The molecule has 0 unspecified atom stereocenters. The molecule has 1 aromatic rings. The smallest absolute Gasteiger partial charge is 0.357 e. The van der Waals surface area contributed by atoms with Gasteiger partial charge in [0.2, 0.25) is 12.2 Å². The standard InChI is InChI=1S/C27H33NO11.CH4/c1-13-6-7-17(12-29)20-19(13)26-10-11-28(5)14(2)27(26,35)9-8-18(23(26)39-20)38-25(34)22(37-16(4)31)21(24(32)33)36-15(3)30;/h6-8,14,21-23,29,35H,9-12H2,1-5H3,(H,32,33);1H4/t14-,21-,22-,23+,26+,27-;/m1./s1. The highest BCUT2D eigenvalue weighted by atomic mass is 16.6. The number of likely N-dealkylation sites (tertiary alicyclic amines) is 1. The van der Waals surface area contributed by atoms with Gasteiger partial charge in [-0.2, -0.15) is 0 Å². The molecule has 12 heteroatoms. The Hall–Kier alpha value is -3.48. The van der Waals surface area contributed by atoms with Crippen LogP contribution in [0.15, 0.2) is 24.0 Å².